The summed E-state index contributed by atoms with van der Waals surface area (Å²) < 4.78 is 40.6. The van der Waals surface area contributed by atoms with Gasteiger partial charge >= 0.3 is 5.69 Å². The Morgan fingerprint density at radius 1 is 0.694 bits per heavy atom. The molecule has 7 aliphatic rings. The summed E-state index contributed by atoms with van der Waals surface area (Å²) in [5.74, 6) is -15.8. The van der Waals surface area contributed by atoms with E-state index < -0.39 is 254 Å². The number of phenolic OH excluding ortho intramolecular Hbond substituents is 3. The monoisotopic (exact) mass is 1800 g/mol. The van der Waals surface area contributed by atoms with Crippen molar-refractivity contribution in [2.24, 2.45) is 11.7 Å². The first kappa shape index (κ1) is 92.1. The van der Waals surface area contributed by atoms with Crippen LogP contribution >= 0.6 is 46.4 Å². The maximum atomic E-state index is 16.3. The van der Waals surface area contributed by atoms with E-state index in [0.29, 0.717) is 10.6 Å². The number of rotatable bonds is 21. The number of phenols is 3. The van der Waals surface area contributed by atoms with Gasteiger partial charge in [0, 0.05) is 55.5 Å². The van der Waals surface area contributed by atoms with E-state index in [1.807, 2.05) is 13.8 Å². The Morgan fingerprint density at radius 3 is 1.98 bits per heavy atom. The minimum absolute atomic E-state index is 0.0379. The molecule has 7 aliphatic heterocycles. The number of hydrogen-bond donors (Lipinski definition) is 21. The number of aliphatic hydroxyl groups is 6. The standard InChI is InChI=1S/C81H90Cl4N14O25/c1-32(2)19-46(87-5)72(111)96-63-65(106)36-9-13-50(44(84)23-36)120-52-25-38-26-53(69(52)124-79-70(68(109)67(108)54(31-100)122-79)123-58-30-81(4,71(110)33(3)119-58)89-16-18-99-17-15-56(92-80(99)118)91-57(105)21-34-7-11-42(82)43(83)20-34)121-51-14-10-37(24-45(51)85)66(107)64-77(116)95-62(78(117)98-88-6)41-27-39(101)28-49(103)59(41)40-22-35(8-12-48(40)102)60(74(113)97-64)94-75(114)61(38)93-73(112)47(29-55(86)104)90-76(63)115/h7-15,17,20,22-28,32-33,46-47,54,58,60-68,70-71,79,87-89,100-103,106-110H,16,18-19,21,29-31H2,1-6H3,(H2,86,104)(H,90,115)(H,93,112)(H,94,114)(H,95,116)(H,96,111)(H,97,113)(H,98,117)(H,91,92,105,118)/t33-,46+,47-,54+,58-,60+,61+,62+,63+,64-,65+,66+,67+,68-,70+,71+,79?,81+/m0/s1. The van der Waals surface area contributed by atoms with Gasteiger partial charge in [0.1, 0.15) is 101 Å². The van der Waals surface area contributed by atoms with E-state index in [1.165, 1.54) is 62.1 Å². The molecular weight excluding hydrogens is 1710 g/mol. The van der Waals surface area contributed by atoms with Crippen LogP contribution in [0.4, 0.5) is 5.82 Å². The highest BCUT2D eigenvalue weighted by Gasteiger charge is 2.52. The number of aliphatic hydroxyl groups excluding tert-OH is 6. The van der Waals surface area contributed by atoms with Crippen LogP contribution in [0.1, 0.15) is 111 Å². The number of ether oxygens (including phenoxy) is 6. The second kappa shape index (κ2) is 39.0. The molecule has 22 N–H and O–H groups in total. The molecule has 18 atom stereocenters. The number of nitrogens with two attached hydrogens (primary N) is 1. The summed E-state index contributed by atoms with van der Waals surface area (Å²) >= 11 is 26.5. The van der Waals surface area contributed by atoms with Gasteiger partial charge in [-0.05, 0) is 139 Å². The van der Waals surface area contributed by atoms with Gasteiger partial charge in [-0.15, -0.1) is 0 Å². The predicted octanol–water partition coefficient (Wildman–Crippen LogP) is 1.65. The zero-order valence-corrected chi connectivity index (χ0v) is 69.8. The Hall–Kier alpha value is -11.1. The van der Waals surface area contributed by atoms with E-state index in [9.17, 15) is 69.9 Å². The molecule has 2 fully saturated rings. The van der Waals surface area contributed by atoms with E-state index in [4.69, 9.17) is 80.6 Å². The number of aromatic hydroxyl groups is 3. The molecule has 0 spiro atoms. The van der Waals surface area contributed by atoms with E-state index in [-0.39, 0.29) is 71.6 Å². The second-order valence-corrected chi connectivity index (χ2v) is 32.3. The van der Waals surface area contributed by atoms with Crippen LogP contribution in [0.3, 0.4) is 0 Å². The van der Waals surface area contributed by atoms with Crippen LogP contribution in [0.25, 0.3) is 11.1 Å². The SMILES string of the molecule is CNNC(=O)[C@@H]1NC(=O)[C@H]2NC(=O)[C@H](NC(=O)[C@@H]3NC(=O)[C@H](CC(N)=O)NC(=O)[C@H](NC(=O)[C@@H](CC(C)C)NC)[C@H](O)c4ccc(c(Cl)c4)Oc4cc3cc(c4OC3O[C@H](CO)[C@@H](O)[C@H](O)[C@H]3O[C@H]3C[C@@](C)(NCCn4ccc(NC(=O)Cc5ccc(Cl)c(Cl)c5)nc4=O)[C@H](O)[C@H](C)O3)Oc3ccc(cc3Cl)[C@H]2O)c2ccc(O)c(c2)-c2c(O)cc(O)cc21. The lowest BCUT2D eigenvalue weighted by molar-refractivity contribution is -0.334. The zero-order valence-electron chi connectivity index (χ0n) is 66.8. The fourth-order valence-electron chi connectivity index (χ4n) is 15.0. The zero-order chi connectivity index (χ0) is 89.8. The first-order chi connectivity index (χ1) is 58.8. The number of benzene rings is 6. The Kier molecular flexibility index (Phi) is 29.0. The van der Waals surface area contributed by atoms with Crippen molar-refractivity contribution in [3.63, 3.8) is 0 Å². The van der Waals surface area contributed by atoms with Crippen molar-refractivity contribution in [1.29, 1.82) is 0 Å². The molecule has 2 saturated heterocycles. The highest BCUT2D eigenvalue weighted by molar-refractivity contribution is 6.42. The number of carbonyl (C=O) groups excluding carboxylic acids is 9. The van der Waals surface area contributed by atoms with Gasteiger partial charge in [0.2, 0.25) is 59.3 Å². The summed E-state index contributed by atoms with van der Waals surface area (Å²) in [4.78, 5) is 150. The van der Waals surface area contributed by atoms with Gasteiger partial charge in [0.05, 0.1) is 57.8 Å². The first-order valence-electron chi connectivity index (χ1n) is 38.8. The highest BCUT2D eigenvalue weighted by Crippen LogP contribution is 2.50. The van der Waals surface area contributed by atoms with Crippen molar-refractivity contribution >= 4 is 105 Å². The van der Waals surface area contributed by atoms with Crippen LogP contribution in [0, 0.1) is 5.92 Å². The molecule has 7 aromatic rings. The summed E-state index contributed by atoms with van der Waals surface area (Å²) in [6, 6.07) is 5.85. The third kappa shape index (κ3) is 20.6. The van der Waals surface area contributed by atoms with Gasteiger partial charge in [-0.1, -0.05) is 84.5 Å². The van der Waals surface area contributed by atoms with Crippen molar-refractivity contribution in [2.45, 2.75) is 169 Å². The van der Waals surface area contributed by atoms with Crippen molar-refractivity contribution in [3.05, 3.63) is 173 Å². The third-order valence-electron chi connectivity index (χ3n) is 21.4. The molecule has 14 rings (SSSR count). The normalized spacial score (nSPS) is 26.1. The summed E-state index contributed by atoms with van der Waals surface area (Å²) in [7, 11) is 2.75. The lowest BCUT2D eigenvalue weighted by Crippen LogP contribution is -2.65. The lowest BCUT2D eigenvalue weighted by atomic mass is 9.85. The van der Waals surface area contributed by atoms with Gasteiger partial charge in [-0.25, -0.2) is 10.2 Å². The van der Waals surface area contributed by atoms with Crippen LogP contribution in [-0.2, 0) is 70.3 Å². The van der Waals surface area contributed by atoms with Crippen LogP contribution in [0.2, 0.25) is 20.1 Å². The minimum Gasteiger partial charge on any atom is -0.508 e. The molecule has 0 radical (unpaired) electrons. The van der Waals surface area contributed by atoms with Gasteiger partial charge in [-0.2, -0.15) is 4.98 Å². The van der Waals surface area contributed by atoms with Crippen LogP contribution in [0.5, 0.6) is 46.0 Å². The molecule has 0 saturated carbocycles. The van der Waals surface area contributed by atoms with Gasteiger partial charge in [0.25, 0.3) is 5.91 Å². The predicted molar refractivity (Wildman–Crippen MR) is 440 cm³/mol. The number of likely N-dealkylation sites (N-methyl/N-ethyl adjacent to an activating group) is 1. The maximum absolute atomic E-state index is 16.3. The number of hydrazine groups is 1. The molecule has 6 aromatic carbocycles. The van der Waals surface area contributed by atoms with Crippen molar-refractivity contribution in [3.8, 4) is 57.1 Å². The molecule has 1 aromatic heterocycles. The molecule has 1 unspecified atom stereocenters. The van der Waals surface area contributed by atoms with Gasteiger partial charge in [-0.3, -0.25) is 53.1 Å². The number of carbonyl (C=O) groups is 9. The first-order valence-corrected chi connectivity index (χ1v) is 40.3. The van der Waals surface area contributed by atoms with Crippen LogP contribution < -0.4 is 84.3 Å². The molecule has 9 amide bonds. The number of amides is 9. The molecule has 43 heteroatoms. The summed E-state index contributed by atoms with van der Waals surface area (Å²) in [6.07, 6.45) is -18.2. The van der Waals surface area contributed by atoms with Crippen LogP contribution in [-0.4, -0.2) is 215 Å². The fraction of sp³-hybridized carbons (Fsp3) is 0.395. The topological polar surface area (TPSA) is 584 Å². The number of halogens is 4. The lowest BCUT2D eigenvalue weighted by Gasteiger charge is -2.48. The van der Waals surface area contributed by atoms with E-state index >= 15 is 24.0 Å². The summed E-state index contributed by atoms with van der Waals surface area (Å²) in [5.41, 5.74) is 6.35. The van der Waals surface area contributed by atoms with Gasteiger partial charge < -0.3 is 128 Å². The molecule has 124 heavy (non-hydrogen) atoms. The maximum Gasteiger partial charge on any atom is 0.349 e. The summed E-state index contributed by atoms with van der Waals surface area (Å²) in [6.45, 7) is 5.60. The number of anilines is 1. The second-order valence-electron chi connectivity index (χ2n) is 30.7. The Balaban J connectivity index is 0.997. The average molecular weight is 1800 g/mol. The Bertz CT molecular complexity index is 5350. The van der Waals surface area contributed by atoms with Crippen molar-refractivity contribution in [2.75, 3.05) is 32.6 Å². The number of hydrogen-bond acceptors (Lipinski definition) is 29. The molecule has 11 bridgehead atoms. The molecule has 662 valence electrons. The Labute approximate surface area is 725 Å². The molecule has 0 aliphatic carbocycles. The van der Waals surface area contributed by atoms with E-state index in [0.717, 1.165) is 66.7 Å². The quantitative estimate of drug-likeness (QED) is 0.0455. The van der Waals surface area contributed by atoms with Gasteiger partial charge in [0.15, 0.2) is 23.9 Å². The fourth-order valence-corrected chi connectivity index (χ4v) is 15.8. The van der Waals surface area contributed by atoms with Crippen LogP contribution in [0.15, 0.2) is 114 Å². The van der Waals surface area contributed by atoms with Crippen molar-refractivity contribution in [1.82, 2.24) is 62.9 Å². The van der Waals surface area contributed by atoms with E-state index in [2.05, 4.69) is 63.7 Å². The smallest absolute Gasteiger partial charge is 0.349 e. The number of aromatic nitrogens is 2. The number of primary amides is 1. The third-order valence-corrected chi connectivity index (χ3v) is 22.7. The largest absolute Gasteiger partial charge is 0.508 e. The molecule has 8 heterocycles. The van der Waals surface area contributed by atoms with E-state index in [1.54, 1.807) is 13.0 Å². The molecular formula is C81H90Cl4N14O25. The minimum atomic E-state index is -2.38. The van der Waals surface area contributed by atoms with Crippen molar-refractivity contribution < 1.29 is 118 Å². The number of nitrogens with one attached hydrogen (secondary N) is 11. The Morgan fingerprint density at radius 2 is 1.35 bits per heavy atom. The number of fused-ring (bicyclic) bond motifs is 15. The average Bonchev–Trinajstić information content (AvgIpc) is 0.765. The summed E-state index contributed by atoms with van der Waals surface area (Å²) in [5, 5.41) is 130. The molecule has 39 nitrogen and oxygen atoms in total. The highest BCUT2D eigenvalue weighted by atomic mass is 35.5. The number of nitrogens with zero attached hydrogens (tertiary/aromatic N) is 2.